The van der Waals surface area contributed by atoms with E-state index in [1.165, 1.54) is 0 Å². The van der Waals surface area contributed by atoms with Crippen LogP contribution in [0, 0.1) is 18.3 Å². The molecule has 7 nitrogen and oxygen atoms in total. The highest BCUT2D eigenvalue weighted by Crippen LogP contribution is 2.27. The summed E-state index contributed by atoms with van der Waals surface area (Å²) in [5.41, 5.74) is 2.22. The fourth-order valence-electron chi connectivity index (χ4n) is 3.77. The van der Waals surface area contributed by atoms with Gasteiger partial charge >= 0.3 is 0 Å². The summed E-state index contributed by atoms with van der Waals surface area (Å²) in [6.07, 6.45) is -1.32. The Labute approximate surface area is 144 Å². The van der Waals surface area contributed by atoms with E-state index in [2.05, 4.69) is 11.4 Å². The van der Waals surface area contributed by atoms with Gasteiger partial charge in [0.05, 0.1) is 30.3 Å². The number of nitrogens with zero attached hydrogens (tertiary/aromatic N) is 2. The largest absolute Gasteiger partial charge is 0.388 e. The highest BCUT2D eigenvalue weighted by Gasteiger charge is 2.47. The van der Waals surface area contributed by atoms with Gasteiger partial charge in [0.25, 0.3) is 0 Å². The van der Waals surface area contributed by atoms with Gasteiger partial charge in [-0.25, -0.2) is 0 Å². The lowest BCUT2D eigenvalue weighted by Crippen LogP contribution is -2.45. The van der Waals surface area contributed by atoms with Gasteiger partial charge in [-0.3, -0.25) is 4.79 Å². The summed E-state index contributed by atoms with van der Waals surface area (Å²) >= 11 is 0. The first-order valence-corrected chi connectivity index (χ1v) is 8.28. The molecule has 4 rings (SSSR count). The predicted octanol–water partition coefficient (Wildman–Crippen LogP) is 0.465. The van der Waals surface area contributed by atoms with Crippen LogP contribution in [0.15, 0.2) is 24.3 Å². The van der Waals surface area contributed by atoms with Crippen molar-refractivity contribution in [3.63, 3.8) is 0 Å². The lowest BCUT2D eigenvalue weighted by Gasteiger charge is -2.18. The minimum Gasteiger partial charge on any atom is -0.388 e. The molecule has 2 aliphatic rings. The minimum absolute atomic E-state index is 0.116. The van der Waals surface area contributed by atoms with E-state index in [0.29, 0.717) is 12.2 Å². The van der Waals surface area contributed by atoms with Crippen LogP contribution in [-0.2, 0) is 20.8 Å². The third kappa shape index (κ3) is 2.59. The second kappa shape index (κ2) is 6.15. The van der Waals surface area contributed by atoms with E-state index in [0.717, 1.165) is 16.6 Å². The molecule has 0 bridgehead atoms. The first-order valence-electron chi connectivity index (χ1n) is 8.28. The Morgan fingerprint density at radius 3 is 2.92 bits per heavy atom. The molecule has 2 aromatic rings. The first kappa shape index (κ1) is 16.1. The number of aliphatic hydroxyl groups is 1. The highest BCUT2D eigenvalue weighted by atomic mass is 16.6. The Balaban J connectivity index is 1.53. The molecule has 4 atom stereocenters. The number of ether oxygens (including phenoxy) is 2. The van der Waals surface area contributed by atoms with E-state index >= 15 is 0 Å². The second-order valence-electron chi connectivity index (χ2n) is 6.51. The Hall–Kier alpha value is -2.40. The maximum atomic E-state index is 12.5. The summed E-state index contributed by atoms with van der Waals surface area (Å²) in [4.78, 5) is 12.5. The molecule has 1 aromatic heterocycles. The average molecular weight is 341 g/mol. The van der Waals surface area contributed by atoms with E-state index in [1.807, 2.05) is 35.8 Å². The summed E-state index contributed by atoms with van der Waals surface area (Å²) in [6, 6.07) is 9.51. The quantitative estimate of drug-likeness (QED) is 0.846. The normalized spacial score (nSPS) is 28.0. The van der Waals surface area contributed by atoms with E-state index < -0.39 is 6.10 Å². The minimum atomic E-state index is -0.638. The number of carbonyl (C=O) groups excluding carboxylic acids is 1. The Bertz CT molecular complexity index is 869. The van der Waals surface area contributed by atoms with Gasteiger partial charge < -0.3 is 24.5 Å². The van der Waals surface area contributed by atoms with Gasteiger partial charge in [0.2, 0.25) is 5.91 Å². The number of hydrogen-bond donors (Lipinski definition) is 2. The zero-order chi connectivity index (χ0) is 17.6. The summed E-state index contributed by atoms with van der Waals surface area (Å²) in [7, 11) is 0. The van der Waals surface area contributed by atoms with E-state index in [9.17, 15) is 15.2 Å². The molecular formula is C18H19N3O4. The van der Waals surface area contributed by atoms with Crippen LogP contribution < -0.4 is 5.32 Å². The maximum absolute atomic E-state index is 12.5. The van der Waals surface area contributed by atoms with Crippen LogP contribution >= 0.6 is 0 Å². The molecule has 0 spiro atoms. The molecule has 0 unspecified atom stereocenters. The number of aliphatic hydroxyl groups excluding tert-OH is 1. The van der Waals surface area contributed by atoms with Crippen molar-refractivity contribution in [3.8, 4) is 6.07 Å². The second-order valence-corrected chi connectivity index (χ2v) is 6.51. The molecule has 0 aliphatic carbocycles. The molecule has 25 heavy (non-hydrogen) atoms. The third-order valence-corrected chi connectivity index (χ3v) is 5.02. The van der Waals surface area contributed by atoms with Gasteiger partial charge in [-0.05, 0) is 13.0 Å². The van der Waals surface area contributed by atoms with Crippen molar-refractivity contribution >= 4 is 16.8 Å². The fourth-order valence-corrected chi connectivity index (χ4v) is 3.77. The summed E-state index contributed by atoms with van der Waals surface area (Å²) in [5.74, 6) is -0.174. The van der Waals surface area contributed by atoms with Crippen LogP contribution in [0.25, 0.3) is 10.9 Å². The topological polar surface area (TPSA) is 96.5 Å². The SMILES string of the molecule is Cc1c(C#N)c2ccccc2n1CC(=O)N[C@@H]1CO[C@H]2[C@@H]1OC[C@H]2O. The number of nitriles is 1. The number of fused-ring (bicyclic) bond motifs is 2. The smallest absolute Gasteiger partial charge is 0.240 e. The van der Waals surface area contributed by atoms with Crippen LogP contribution in [0.2, 0.25) is 0 Å². The Morgan fingerprint density at radius 1 is 1.36 bits per heavy atom. The number of carbonyl (C=O) groups is 1. The average Bonchev–Trinajstić information content (AvgIpc) is 3.24. The molecule has 2 aliphatic heterocycles. The number of rotatable bonds is 3. The lowest BCUT2D eigenvalue weighted by molar-refractivity contribution is -0.123. The van der Waals surface area contributed by atoms with Crippen molar-refractivity contribution in [1.82, 2.24) is 9.88 Å². The Kier molecular flexibility index (Phi) is 3.96. The highest BCUT2D eigenvalue weighted by molar-refractivity contribution is 5.89. The third-order valence-electron chi connectivity index (χ3n) is 5.02. The van der Waals surface area contributed by atoms with E-state index in [4.69, 9.17) is 9.47 Å². The van der Waals surface area contributed by atoms with Gasteiger partial charge in [0, 0.05) is 11.1 Å². The van der Waals surface area contributed by atoms with Crippen LogP contribution in [0.5, 0.6) is 0 Å². The van der Waals surface area contributed by atoms with Gasteiger partial charge in [-0.15, -0.1) is 0 Å². The van der Waals surface area contributed by atoms with Crippen molar-refractivity contribution in [2.45, 2.75) is 37.8 Å². The van der Waals surface area contributed by atoms with Crippen molar-refractivity contribution < 1.29 is 19.4 Å². The van der Waals surface area contributed by atoms with Crippen LogP contribution in [-0.4, -0.2) is 53.1 Å². The van der Waals surface area contributed by atoms with Crippen LogP contribution in [0.4, 0.5) is 0 Å². The summed E-state index contributed by atoms with van der Waals surface area (Å²) in [5, 5.41) is 23.0. The predicted molar refractivity (Wildman–Crippen MR) is 88.8 cm³/mol. The molecule has 2 fully saturated rings. The lowest BCUT2D eigenvalue weighted by atomic mass is 10.1. The molecule has 1 amide bonds. The molecule has 0 saturated carbocycles. The van der Waals surface area contributed by atoms with E-state index in [1.54, 1.807) is 0 Å². The van der Waals surface area contributed by atoms with Gasteiger partial charge in [0.15, 0.2) is 0 Å². The zero-order valence-electron chi connectivity index (χ0n) is 13.8. The molecular weight excluding hydrogens is 322 g/mol. The number of para-hydroxylation sites is 1. The monoisotopic (exact) mass is 341 g/mol. The first-order chi connectivity index (χ1) is 12.1. The van der Waals surface area contributed by atoms with Gasteiger partial charge in [-0.1, -0.05) is 18.2 Å². The number of amides is 1. The standard InChI is InChI=1S/C18H19N3O4/c1-10-12(6-19)11-4-2-3-5-14(11)21(10)7-16(23)20-13-8-24-18-15(22)9-25-17(13)18/h2-5,13,15,17-18,22H,7-9H2,1H3,(H,20,23)/t13-,15-,17-,18-/m1/s1. The zero-order valence-corrected chi connectivity index (χ0v) is 13.8. The van der Waals surface area contributed by atoms with Crippen molar-refractivity contribution in [2.75, 3.05) is 13.2 Å². The number of nitrogens with one attached hydrogen (secondary N) is 1. The van der Waals surface area contributed by atoms with Crippen molar-refractivity contribution in [2.24, 2.45) is 0 Å². The van der Waals surface area contributed by atoms with Crippen molar-refractivity contribution in [1.29, 1.82) is 5.26 Å². The summed E-state index contributed by atoms with van der Waals surface area (Å²) in [6.45, 7) is 2.52. The van der Waals surface area contributed by atoms with E-state index in [-0.39, 0.29) is 37.3 Å². The molecule has 3 heterocycles. The summed E-state index contributed by atoms with van der Waals surface area (Å²) < 4.78 is 12.9. The van der Waals surface area contributed by atoms with Gasteiger partial charge in [0.1, 0.15) is 30.9 Å². The molecule has 2 N–H and O–H groups in total. The Morgan fingerprint density at radius 2 is 2.12 bits per heavy atom. The maximum Gasteiger partial charge on any atom is 0.240 e. The molecule has 1 aromatic carbocycles. The molecule has 7 heteroatoms. The van der Waals surface area contributed by atoms with Gasteiger partial charge in [-0.2, -0.15) is 5.26 Å². The number of benzene rings is 1. The van der Waals surface area contributed by atoms with Crippen LogP contribution in [0.1, 0.15) is 11.3 Å². The fraction of sp³-hybridized carbons (Fsp3) is 0.444. The molecule has 0 radical (unpaired) electrons. The molecule has 130 valence electrons. The molecule has 2 saturated heterocycles. The van der Waals surface area contributed by atoms with Crippen LogP contribution in [0.3, 0.4) is 0 Å². The number of aromatic nitrogens is 1. The van der Waals surface area contributed by atoms with Crippen molar-refractivity contribution in [3.05, 3.63) is 35.5 Å². The number of hydrogen-bond acceptors (Lipinski definition) is 5.